The highest BCUT2D eigenvalue weighted by atomic mass is 16.6. The second kappa shape index (κ2) is 12.5. The molecule has 13 heteroatoms. The van der Waals surface area contributed by atoms with Crippen molar-refractivity contribution in [1.82, 2.24) is 10.2 Å². The summed E-state index contributed by atoms with van der Waals surface area (Å²) in [5, 5.41) is 23.5. The van der Waals surface area contributed by atoms with Gasteiger partial charge in [-0.05, 0) is 64.9 Å². The first-order chi connectivity index (χ1) is 20.3. The average molecular weight is 604 g/mol. The van der Waals surface area contributed by atoms with Crippen LogP contribution >= 0.6 is 0 Å². The molecule has 1 spiro atoms. The molecule has 13 nitrogen and oxygen atoms in total. The van der Waals surface area contributed by atoms with Crippen LogP contribution in [0.2, 0.25) is 0 Å². The quantitative estimate of drug-likeness (QED) is 0.262. The number of nitrogens with zero attached hydrogens (tertiary/aromatic N) is 1. The number of rotatable bonds is 11. The van der Waals surface area contributed by atoms with Crippen LogP contribution in [-0.4, -0.2) is 96.1 Å². The van der Waals surface area contributed by atoms with Crippen molar-refractivity contribution in [2.45, 2.75) is 88.2 Å². The summed E-state index contributed by atoms with van der Waals surface area (Å²) in [6, 6.07) is 2.48. The SMILES string of the molecule is COc1ccc(C)c2c1O[C@H]1C(OC(=O)[C@H](C)OC(=O)CCNC(=O)[C@@H](N)CCC(=O)O)=CC[C@@]3(O)[C@@H](C)N(C)CC[C@]213. The molecule has 6 atom stereocenters. The van der Waals surface area contributed by atoms with E-state index in [1.54, 1.807) is 13.2 Å². The van der Waals surface area contributed by atoms with Crippen LogP contribution in [0.25, 0.3) is 0 Å². The maximum absolute atomic E-state index is 13.1. The number of hydrogen-bond donors (Lipinski definition) is 4. The molecule has 4 rings (SSSR count). The zero-order chi connectivity index (χ0) is 31.7. The van der Waals surface area contributed by atoms with Crippen molar-refractivity contribution in [2.75, 3.05) is 27.2 Å². The van der Waals surface area contributed by atoms with Crippen LogP contribution in [0, 0.1) is 6.92 Å². The number of hydrogen-bond acceptors (Lipinski definition) is 11. The normalized spacial score (nSPS) is 27.3. The summed E-state index contributed by atoms with van der Waals surface area (Å²) in [6.45, 7) is 5.89. The van der Waals surface area contributed by atoms with Crippen molar-refractivity contribution < 1.29 is 48.3 Å². The Bertz CT molecular complexity index is 1320. The van der Waals surface area contributed by atoms with Crippen molar-refractivity contribution in [3.05, 3.63) is 35.1 Å². The van der Waals surface area contributed by atoms with Crippen LogP contribution < -0.4 is 20.5 Å². The van der Waals surface area contributed by atoms with Crippen LogP contribution in [0.3, 0.4) is 0 Å². The van der Waals surface area contributed by atoms with Gasteiger partial charge in [0.25, 0.3) is 0 Å². The predicted molar refractivity (Wildman–Crippen MR) is 152 cm³/mol. The number of fused-ring (bicyclic) bond motifs is 1. The summed E-state index contributed by atoms with van der Waals surface area (Å²) in [7, 11) is 3.51. The Labute approximate surface area is 250 Å². The molecule has 3 aliphatic rings. The van der Waals surface area contributed by atoms with Gasteiger partial charge in [-0.25, -0.2) is 4.79 Å². The van der Waals surface area contributed by atoms with Gasteiger partial charge in [0.05, 0.1) is 30.6 Å². The number of aliphatic carboxylic acids is 1. The summed E-state index contributed by atoms with van der Waals surface area (Å²) < 4.78 is 23.1. The summed E-state index contributed by atoms with van der Waals surface area (Å²) >= 11 is 0. The number of likely N-dealkylation sites (tertiary alicyclic amines) is 1. The Morgan fingerprint density at radius 3 is 2.65 bits per heavy atom. The standard InChI is InChI=1S/C30H41N3O10/c1-16-6-8-20(40-5)25-24(16)29-13-15-33(4)18(3)30(29,39)12-10-21(26(29)43-25)42-28(38)17(2)41-23(36)11-14-32-27(37)19(31)7-9-22(34)35/h6,8,10,17-19,26,39H,7,9,11-15,31H2,1-5H3,(H,32,37)(H,34,35)/t17-,18+,19-,26-,29-,30+/m0/s1. The van der Waals surface area contributed by atoms with Crippen LogP contribution in [0.1, 0.15) is 57.1 Å². The highest BCUT2D eigenvalue weighted by Gasteiger charge is 2.69. The molecule has 1 saturated heterocycles. The smallest absolute Gasteiger partial charge is 0.352 e. The Morgan fingerprint density at radius 1 is 1.26 bits per heavy atom. The topological polar surface area (TPSA) is 187 Å². The lowest BCUT2D eigenvalue weighted by atomic mass is 9.54. The van der Waals surface area contributed by atoms with Gasteiger partial charge < -0.3 is 45.1 Å². The van der Waals surface area contributed by atoms with E-state index >= 15 is 0 Å². The van der Waals surface area contributed by atoms with Gasteiger partial charge in [-0.2, -0.15) is 0 Å². The lowest BCUT2D eigenvalue weighted by Crippen LogP contribution is -2.71. The minimum absolute atomic E-state index is 0.0409. The second-order valence-corrected chi connectivity index (χ2v) is 11.5. The first-order valence-electron chi connectivity index (χ1n) is 14.4. The molecule has 2 heterocycles. The number of aryl methyl sites for hydroxylation is 1. The fourth-order valence-electron chi connectivity index (χ4n) is 6.49. The predicted octanol–water partition coefficient (Wildman–Crippen LogP) is 0.918. The van der Waals surface area contributed by atoms with E-state index in [0.29, 0.717) is 24.5 Å². The number of amides is 1. The Hall–Kier alpha value is -3.68. The molecular formula is C30H41N3O10. The zero-order valence-corrected chi connectivity index (χ0v) is 25.2. The van der Waals surface area contributed by atoms with Crippen molar-refractivity contribution in [3.63, 3.8) is 0 Å². The zero-order valence-electron chi connectivity index (χ0n) is 25.2. The summed E-state index contributed by atoms with van der Waals surface area (Å²) in [6.07, 6.45) is -0.202. The molecule has 1 amide bonds. The fraction of sp³-hybridized carbons (Fsp3) is 0.600. The van der Waals surface area contributed by atoms with Crippen LogP contribution in [0.4, 0.5) is 0 Å². The van der Waals surface area contributed by atoms with E-state index in [-0.39, 0.29) is 44.0 Å². The largest absolute Gasteiger partial charge is 0.493 e. The average Bonchev–Trinajstić information content (AvgIpc) is 3.33. The lowest BCUT2D eigenvalue weighted by molar-refractivity contribution is -0.171. The minimum Gasteiger partial charge on any atom is -0.493 e. The monoisotopic (exact) mass is 603 g/mol. The molecule has 1 aliphatic carbocycles. The molecule has 236 valence electrons. The molecule has 1 fully saturated rings. The number of nitrogens with one attached hydrogen (secondary N) is 1. The number of benzene rings is 1. The lowest BCUT2D eigenvalue weighted by Gasteiger charge is -2.58. The molecule has 2 aliphatic heterocycles. The third kappa shape index (κ3) is 5.80. The molecule has 0 saturated carbocycles. The number of aliphatic hydroxyl groups is 1. The van der Waals surface area contributed by atoms with E-state index < -0.39 is 53.1 Å². The first-order valence-corrected chi connectivity index (χ1v) is 14.4. The number of carboxylic acid groups (broad SMARTS) is 1. The van der Waals surface area contributed by atoms with Gasteiger partial charge in [0.1, 0.15) is 5.76 Å². The van der Waals surface area contributed by atoms with Crippen LogP contribution in [0.15, 0.2) is 24.0 Å². The number of ether oxygens (including phenoxy) is 4. The number of carbonyl (C=O) groups excluding carboxylic acids is 3. The van der Waals surface area contributed by atoms with Crippen LogP contribution in [0.5, 0.6) is 11.5 Å². The van der Waals surface area contributed by atoms with Crippen molar-refractivity contribution in [2.24, 2.45) is 5.73 Å². The van der Waals surface area contributed by atoms with Crippen molar-refractivity contribution >= 4 is 23.8 Å². The van der Waals surface area contributed by atoms with E-state index in [1.807, 2.05) is 33.0 Å². The van der Waals surface area contributed by atoms with Gasteiger partial charge in [0.15, 0.2) is 23.7 Å². The number of methoxy groups -OCH3 is 1. The number of likely N-dealkylation sites (N-methyl/N-ethyl adjacent to an activating group) is 1. The van der Waals surface area contributed by atoms with Crippen molar-refractivity contribution in [1.29, 1.82) is 0 Å². The highest BCUT2D eigenvalue weighted by Crippen LogP contribution is 2.62. The fourth-order valence-corrected chi connectivity index (χ4v) is 6.49. The molecule has 0 radical (unpaired) electrons. The molecular weight excluding hydrogens is 562 g/mol. The van der Waals surface area contributed by atoms with E-state index in [4.69, 9.17) is 29.8 Å². The third-order valence-electron chi connectivity index (χ3n) is 9.03. The maximum Gasteiger partial charge on any atom is 0.352 e. The third-order valence-corrected chi connectivity index (χ3v) is 9.03. The molecule has 0 bridgehead atoms. The number of nitrogens with two attached hydrogens (primary N) is 1. The molecule has 5 N–H and O–H groups in total. The Kier molecular flexibility index (Phi) is 9.38. The second-order valence-electron chi connectivity index (χ2n) is 11.5. The first kappa shape index (κ1) is 32.2. The van der Waals surface area contributed by atoms with Crippen LogP contribution in [-0.2, 0) is 34.1 Å². The minimum atomic E-state index is -1.27. The molecule has 1 aromatic carbocycles. The summed E-state index contributed by atoms with van der Waals surface area (Å²) in [5.74, 6) is -1.97. The van der Waals surface area contributed by atoms with Gasteiger partial charge in [0, 0.05) is 31.0 Å². The maximum atomic E-state index is 13.1. The van der Waals surface area contributed by atoms with Gasteiger partial charge in [-0.3, -0.25) is 14.4 Å². The Morgan fingerprint density at radius 2 is 1.98 bits per heavy atom. The highest BCUT2D eigenvalue weighted by molar-refractivity contribution is 5.83. The van der Waals surface area contributed by atoms with E-state index in [0.717, 1.165) is 11.1 Å². The summed E-state index contributed by atoms with van der Waals surface area (Å²) in [4.78, 5) is 50.2. The number of carboxylic acids is 1. The molecule has 0 unspecified atom stereocenters. The van der Waals surface area contributed by atoms with Gasteiger partial charge >= 0.3 is 17.9 Å². The number of carbonyl (C=O) groups is 4. The Balaban J connectivity index is 1.45. The molecule has 0 aromatic heterocycles. The van der Waals surface area contributed by atoms with E-state index in [1.165, 1.54) is 6.92 Å². The molecule has 1 aromatic rings. The van der Waals surface area contributed by atoms with Crippen molar-refractivity contribution in [3.8, 4) is 11.5 Å². The molecule has 43 heavy (non-hydrogen) atoms. The van der Waals surface area contributed by atoms with Gasteiger partial charge in [-0.15, -0.1) is 0 Å². The van der Waals surface area contributed by atoms with E-state index in [2.05, 4.69) is 10.2 Å². The van der Waals surface area contributed by atoms with E-state index in [9.17, 15) is 24.3 Å². The summed E-state index contributed by atoms with van der Waals surface area (Å²) in [5.41, 5.74) is 5.27. The van der Waals surface area contributed by atoms with Gasteiger partial charge in [-0.1, -0.05) is 6.07 Å². The van der Waals surface area contributed by atoms with Gasteiger partial charge in [0.2, 0.25) is 5.91 Å². The number of piperidine rings is 1. The number of esters is 2.